The molecule has 6 heteroatoms. The highest BCUT2D eigenvalue weighted by Crippen LogP contribution is 2.21. The zero-order valence-corrected chi connectivity index (χ0v) is 16.5. The van der Waals surface area contributed by atoms with Crippen LogP contribution in [0.1, 0.15) is 38.2 Å². The fourth-order valence-corrected chi connectivity index (χ4v) is 3.53. The summed E-state index contributed by atoms with van der Waals surface area (Å²) in [5.74, 6) is 0.884. The Bertz CT molecular complexity index is 884. The highest BCUT2D eigenvalue weighted by atomic mass is 16.5. The fourth-order valence-electron chi connectivity index (χ4n) is 3.53. The Kier molecular flexibility index (Phi) is 6.19. The maximum absolute atomic E-state index is 5.66. The minimum absolute atomic E-state index is 0.378. The monoisotopic (exact) mass is 379 g/mol. The number of nitrogens with zero attached hydrogens (tertiary/aromatic N) is 3. The predicted octanol–water partition coefficient (Wildman–Crippen LogP) is 3.88. The Morgan fingerprint density at radius 1 is 1.18 bits per heavy atom. The van der Waals surface area contributed by atoms with Crippen LogP contribution in [0.5, 0.6) is 0 Å². The van der Waals surface area contributed by atoms with Crippen molar-refractivity contribution in [2.24, 2.45) is 0 Å². The normalized spacial score (nSPS) is 16.7. The van der Waals surface area contributed by atoms with Crippen molar-refractivity contribution in [2.75, 3.05) is 25.0 Å². The largest absolute Gasteiger partial charge is 0.377 e. The van der Waals surface area contributed by atoms with Crippen molar-refractivity contribution >= 4 is 11.5 Å². The van der Waals surface area contributed by atoms with E-state index >= 15 is 0 Å². The van der Waals surface area contributed by atoms with Crippen LogP contribution in [0.2, 0.25) is 0 Å². The molecule has 1 aliphatic heterocycles. The average molecular weight is 380 g/mol. The number of fused-ring (bicyclic) bond motifs is 1. The molecule has 3 heterocycles. The lowest BCUT2D eigenvalue weighted by atomic mass is 10.1. The number of unbranched alkanes of at least 4 members (excludes halogenated alkanes) is 1. The zero-order chi connectivity index (χ0) is 19.2. The summed E-state index contributed by atoms with van der Waals surface area (Å²) < 4.78 is 7.57. The molecular weight excluding hydrogens is 350 g/mol. The Morgan fingerprint density at radius 2 is 2.07 bits per heavy atom. The third kappa shape index (κ3) is 4.51. The number of aromatic nitrogens is 3. The van der Waals surface area contributed by atoms with Crippen molar-refractivity contribution < 1.29 is 4.74 Å². The summed E-state index contributed by atoms with van der Waals surface area (Å²) in [7, 11) is 0. The van der Waals surface area contributed by atoms with Crippen molar-refractivity contribution in [1.29, 1.82) is 0 Å². The molecule has 28 heavy (non-hydrogen) atoms. The van der Waals surface area contributed by atoms with Crippen LogP contribution in [0.25, 0.3) is 16.9 Å². The van der Waals surface area contributed by atoms with E-state index in [1.807, 2.05) is 22.8 Å². The second kappa shape index (κ2) is 9.17. The van der Waals surface area contributed by atoms with Gasteiger partial charge in [0.25, 0.3) is 0 Å². The number of hydrogen-bond donors (Lipinski definition) is 2. The molecule has 0 aliphatic carbocycles. The van der Waals surface area contributed by atoms with Gasteiger partial charge in [-0.1, -0.05) is 37.6 Å². The van der Waals surface area contributed by atoms with Gasteiger partial charge in [-0.25, -0.2) is 9.50 Å². The van der Waals surface area contributed by atoms with E-state index in [0.29, 0.717) is 6.10 Å². The lowest BCUT2D eigenvalue weighted by molar-refractivity contribution is 0.110. The van der Waals surface area contributed by atoms with Gasteiger partial charge < -0.3 is 15.4 Å². The van der Waals surface area contributed by atoms with Crippen LogP contribution in [0.4, 0.5) is 5.82 Å². The summed E-state index contributed by atoms with van der Waals surface area (Å²) in [6.07, 6.45) is 6.93. The van der Waals surface area contributed by atoms with Crippen LogP contribution < -0.4 is 10.6 Å². The Balaban J connectivity index is 1.42. The smallest absolute Gasteiger partial charge is 0.154 e. The van der Waals surface area contributed by atoms with Gasteiger partial charge in [0, 0.05) is 31.8 Å². The maximum Gasteiger partial charge on any atom is 0.154 e. The molecule has 148 valence electrons. The third-order valence-electron chi connectivity index (χ3n) is 5.17. The molecule has 0 bridgehead atoms. The molecule has 1 saturated heterocycles. The first-order valence-electron chi connectivity index (χ1n) is 10.3. The van der Waals surface area contributed by atoms with E-state index in [0.717, 1.165) is 55.4 Å². The van der Waals surface area contributed by atoms with Gasteiger partial charge in [-0.05, 0) is 37.0 Å². The van der Waals surface area contributed by atoms with Crippen molar-refractivity contribution in [3.05, 3.63) is 48.2 Å². The van der Waals surface area contributed by atoms with Gasteiger partial charge in [-0.2, -0.15) is 0 Å². The van der Waals surface area contributed by atoms with Crippen LogP contribution >= 0.6 is 0 Å². The second-order valence-corrected chi connectivity index (χ2v) is 7.38. The molecule has 2 aromatic heterocycles. The van der Waals surface area contributed by atoms with Crippen LogP contribution in [0, 0.1) is 0 Å². The Labute approximate surface area is 166 Å². The van der Waals surface area contributed by atoms with Crippen LogP contribution in [0.3, 0.4) is 0 Å². The molecule has 4 rings (SSSR count). The molecule has 1 fully saturated rings. The maximum atomic E-state index is 5.66. The second-order valence-electron chi connectivity index (χ2n) is 7.38. The van der Waals surface area contributed by atoms with Crippen LogP contribution in [-0.4, -0.2) is 40.4 Å². The SMILES string of the molecule is CCCCNc1ccc2ncc(-c3ccc(CNCC4CCCO4)cc3)n2n1. The van der Waals surface area contributed by atoms with E-state index in [4.69, 9.17) is 9.84 Å². The summed E-state index contributed by atoms with van der Waals surface area (Å²) >= 11 is 0. The number of benzene rings is 1. The van der Waals surface area contributed by atoms with Gasteiger partial charge >= 0.3 is 0 Å². The molecule has 0 amide bonds. The molecule has 6 nitrogen and oxygen atoms in total. The molecule has 0 spiro atoms. The van der Waals surface area contributed by atoms with E-state index in [1.54, 1.807) is 0 Å². The molecule has 1 unspecified atom stereocenters. The minimum atomic E-state index is 0.378. The van der Waals surface area contributed by atoms with E-state index < -0.39 is 0 Å². The Morgan fingerprint density at radius 3 is 2.86 bits per heavy atom. The first kappa shape index (κ1) is 18.9. The molecular formula is C22H29N5O. The summed E-state index contributed by atoms with van der Waals surface area (Å²) in [6, 6.07) is 12.6. The van der Waals surface area contributed by atoms with Gasteiger partial charge in [-0.3, -0.25) is 0 Å². The standard InChI is InChI=1S/C22H29N5O/c1-2-3-12-24-21-10-11-22-25-16-20(27(22)26-21)18-8-6-17(7-9-18)14-23-15-19-5-4-13-28-19/h6-11,16,19,23H,2-5,12-15H2,1H3,(H,24,26). The lowest BCUT2D eigenvalue weighted by Gasteiger charge is -2.11. The number of anilines is 1. The summed E-state index contributed by atoms with van der Waals surface area (Å²) in [5, 5.41) is 11.6. The lowest BCUT2D eigenvalue weighted by Crippen LogP contribution is -2.25. The summed E-state index contributed by atoms with van der Waals surface area (Å²) in [6.45, 7) is 5.81. The topological polar surface area (TPSA) is 63.5 Å². The fraction of sp³-hybridized carbons (Fsp3) is 0.455. The van der Waals surface area contributed by atoms with E-state index in [1.165, 1.54) is 24.8 Å². The first-order chi connectivity index (χ1) is 13.8. The number of ether oxygens (including phenoxy) is 1. The average Bonchev–Trinajstić information content (AvgIpc) is 3.38. The van der Waals surface area contributed by atoms with Crippen molar-refractivity contribution in [1.82, 2.24) is 19.9 Å². The van der Waals surface area contributed by atoms with Crippen molar-refractivity contribution in [3.63, 3.8) is 0 Å². The van der Waals surface area contributed by atoms with Crippen LogP contribution in [-0.2, 0) is 11.3 Å². The number of imidazole rings is 1. The first-order valence-corrected chi connectivity index (χ1v) is 10.3. The summed E-state index contributed by atoms with van der Waals surface area (Å²) in [4.78, 5) is 4.50. The van der Waals surface area contributed by atoms with Gasteiger partial charge in [0.05, 0.1) is 18.0 Å². The summed E-state index contributed by atoms with van der Waals surface area (Å²) in [5.41, 5.74) is 4.25. The van der Waals surface area contributed by atoms with Gasteiger partial charge in [0.15, 0.2) is 5.65 Å². The van der Waals surface area contributed by atoms with E-state index in [2.05, 4.69) is 46.8 Å². The van der Waals surface area contributed by atoms with Crippen LogP contribution in [0.15, 0.2) is 42.6 Å². The molecule has 1 aromatic carbocycles. The highest BCUT2D eigenvalue weighted by Gasteiger charge is 2.14. The van der Waals surface area contributed by atoms with Crippen molar-refractivity contribution in [3.8, 4) is 11.3 Å². The van der Waals surface area contributed by atoms with E-state index in [9.17, 15) is 0 Å². The number of hydrogen-bond acceptors (Lipinski definition) is 5. The molecule has 0 radical (unpaired) electrons. The number of nitrogens with one attached hydrogen (secondary N) is 2. The van der Waals surface area contributed by atoms with E-state index in [-0.39, 0.29) is 0 Å². The molecule has 0 saturated carbocycles. The molecule has 1 aliphatic rings. The van der Waals surface area contributed by atoms with Gasteiger partial charge in [-0.15, -0.1) is 5.10 Å². The highest BCUT2D eigenvalue weighted by molar-refractivity contribution is 5.63. The van der Waals surface area contributed by atoms with Crippen molar-refractivity contribution in [2.45, 2.75) is 45.3 Å². The minimum Gasteiger partial charge on any atom is -0.377 e. The zero-order valence-electron chi connectivity index (χ0n) is 16.5. The van der Waals surface area contributed by atoms with Gasteiger partial charge in [0.2, 0.25) is 0 Å². The molecule has 1 atom stereocenters. The molecule has 2 N–H and O–H groups in total. The third-order valence-corrected chi connectivity index (χ3v) is 5.17. The van der Waals surface area contributed by atoms with Gasteiger partial charge in [0.1, 0.15) is 5.82 Å². The molecule has 3 aromatic rings. The predicted molar refractivity (Wildman–Crippen MR) is 113 cm³/mol. The number of rotatable bonds is 9. The Hall–Kier alpha value is -2.44. The quantitative estimate of drug-likeness (QED) is 0.553.